The Bertz CT molecular complexity index is 4770. The number of benzene rings is 13. The number of thiophene rings is 1. The van der Waals surface area contributed by atoms with Crippen LogP contribution in [0.25, 0.3) is 109 Å². The van der Waals surface area contributed by atoms with E-state index in [-0.39, 0.29) is 0 Å². The zero-order chi connectivity index (χ0) is 56.4. The van der Waals surface area contributed by atoms with E-state index in [1.165, 1.54) is 66.8 Å². The molecular formula is C80H48Br2N2S. The Balaban J connectivity index is 1.03. The standard InChI is InChI=1S/C80H48Br2N2S/c81-57-41-35-49(36-42-57)51-39-45-59-60-46-40-52(50-37-43-58(82)44-38-50)48-66(60)74-73(65(59)47-51)83-75-76(84-74)78(64-30-18-34-70-72(64)62-28-14-16-32-68(62)80(70,55-23-9-3-10-24-55)56-25-11-4-12-26-56)85-77(75)63-29-17-33-69-71(63)61-27-13-15-31-67(61)79(69,53-19-5-1-6-20-53)54-21-7-2-8-22-54/h1-48H. The van der Waals surface area contributed by atoms with Crippen molar-refractivity contribution in [3.63, 3.8) is 0 Å². The van der Waals surface area contributed by atoms with Gasteiger partial charge in [-0.2, -0.15) is 0 Å². The quantitative estimate of drug-likeness (QED) is 0.142. The van der Waals surface area contributed by atoms with Gasteiger partial charge in [0.2, 0.25) is 0 Å². The molecule has 0 N–H and O–H groups in total. The minimum absolute atomic E-state index is 0.591. The van der Waals surface area contributed by atoms with E-state index in [9.17, 15) is 0 Å². The van der Waals surface area contributed by atoms with Gasteiger partial charge in [0.25, 0.3) is 0 Å². The van der Waals surface area contributed by atoms with Gasteiger partial charge in [-0.1, -0.05) is 287 Å². The third-order valence-corrected chi connectivity index (χ3v) is 20.5. The molecule has 2 aromatic heterocycles. The summed E-state index contributed by atoms with van der Waals surface area (Å²) >= 11 is 9.23. The summed E-state index contributed by atoms with van der Waals surface area (Å²) in [6, 6.07) is 108. The monoisotopic (exact) mass is 1230 g/mol. The molecule has 0 saturated heterocycles. The van der Waals surface area contributed by atoms with Crippen LogP contribution >= 0.6 is 43.2 Å². The van der Waals surface area contributed by atoms with Gasteiger partial charge in [0.15, 0.2) is 0 Å². The van der Waals surface area contributed by atoms with Gasteiger partial charge in [0.1, 0.15) is 11.0 Å². The normalized spacial score (nSPS) is 13.5. The van der Waals surface area contributed by atoms with Crippen molar-refractivity contribution >= 4 is 86.8 Å². The molecule has 0 fully saturated rings. The van der Waals surface area contributed by atoms with Crippen LogP contribution in [0.5, 0.6) is 0 Å². The van der Waals surface area contributed by atoms with E-state index in [0.717, 1.165) is 95.7 Å². The lowest BCUT2D eigenvalue weighted by molar-refractivity contribution is 0.768. The van der Waals surface area contributed by atoms with Crippen molar-refractivity contribution in [2.24, 2.45) is 0 Å². The maximum atomic E-state index is 6.17. The predicted octanol–water partition coefficient (Wildman–Crippen LogP) is 22.1. The van der Waals surface area contributed by atoms with Gasteiger partial charge in [0, 0.05) is 30.8 Å². The number of fused-ring (bicyclic) bond motifs is 13. The largest absolute Gasteiger partial charge is 0.242 e. The van der Waals surface area contributed by atoms with Crippen LogP contribution in [-0.4, -0.2) is 9.97 Å². The van der Waals surface area contributed by atoms with E-state index in [0.29, 0.717) is 0 Å². The Morgan fingerprint density at radius 2 is 0.576 bits per heavy atom. The number of aromatic nitrogens is 2. The minimum Gasteiger partial charge on any atom is -0.242 e. The van der Waals surface area contributed by atoms with Crippen LogP contribution in [0, 0.1) is 0 Å². The van der Waals surface area contributed by atoms with E-state index in [2.05, 4.69) is 323 Å². The Labute approximate surface area is 513 Å². The van der Waals surface area contributed by atoms with E-state index in [4.69, 9.17) is 9.97 Å². The molecule has 0 amide bonds. The van der Waals surface area contributed by atoms with Crippen LogP contribution in [0.1, 0.15) is 44.5 Å². The van der Waals surface area contributed by atoms with Crippen LogP contribution in [-0.2, 0) is 10.8 Å². The molecule has 2 heterocycles. The Morgan fingerprint density at radius 3 is 0.953 bits per heavy atom. The summed E-state index contributed by atoms with van der Waals surface area (Å²) in [4.78, 5) is 14.5. The molecule has 0 aliphatic heterocycles. The third-order valence-electron chi connectivity index (χ3n) is 18.2. The van der Waals surface area contributed by atoms with Crippen molar-refractivity contribution in [3.05, 3.63) is 345 Å². The molecule has 0 unspecified atom stereocenters. The summed E-state index contributed by atoms with van der Waals surface area (Å²) in [5.74, 6) is 0. The molecule has 17 rings (SSSR count). The van der Waals surface area contributed by atoms with E-state index < -0.39 is 10.8 Å². The summed E-state index contributed by atoms with van der Waals surface area (Å²) in [5.41, 5.74) is 24.0. The third kappa shape index (κ3) is 7.40. The lowest BCUT2D eigenvalue weighted by Gasteiger charge is -2.34. The average Bonchev–Trinajstić information content (AvgIpc) is 1.62. The molecule has 0 spiro atoms. The van der Waals surface area contributed by atoms with Gasteiger partial charge in [-0.25, -0.2) is 9.97 Å². The van der Waals surface area contributed by atoms with Crippen molar-refractivity contribution < 1.29 is 0 Å². The molecule has 15 aromatic rings. The van der Waals surface area contributed by atoms with Crippen LogP contribution in [0.15, 0.2) is 300 Å². The lowest BCUT2D eigenvalue weighted by atomic mass is 9.67. The average molecular weight is 1230 g/mol. The molecule has 2 aliphatic rings. The first kappa shape index (κ1) is 50.2. The van der Waals surface area contributed by atoms with Gasteiger partial charge in [-0.05, 0) is 136 Å². The predicted molar refractivity (Wildman–Crippen MR) is 362 cm³/mol. The van der Waals surface area contributed by atoms with Crippen molar-refractivity contribution in [1.29, 1.82) is 0 Å². The maximum Gasteiger partial charge on any atom is 0.109 e. The Hall–Kier alpha value is -9.36. The van der Waals surface area contributed by atoms with Crippen LogP contribution < -0.4 is 0 Å². The highest BCUT2D eigenvalue weighted by molar-refractivity contribution is 9.10. The number of nitrogens with zero attached hydrogens (tertiary/aromatic N) is 2. The van der Waals surface area contributed by atoms with Crippen LogP contribution in [0.3, 0.4) is 0 Å². The number of hydrogen-bond donors (Lipinski definition) is 0. The SMILES string of the molecule is Brc1ccc(-c2ccc3c4ccc(-c5ccc(Br)cc5)cc4c4nc5c(-c6cccc7c6-c6ccccc6C7(c6ccccc6)c6ccccc6)sc(-c6cccc7c6-c6ccccc6C7(c6ccccc6)c6ccccc6)c5nc4c3c2)cc1. The number of rotatable bonds is 8. The first-order valence-electron chi connectivity index (χ1n) is 28.8. The van der Waals surface area contributed by atoms with E-state index in [1.54, 1.807) is 0 Å². The second-order valence-corrected chi connectivity index (χ2v) is 25.3. The number of halogens is 2. The molecule has 13 aromatic carbocycles. The minimum atomic E-state index is -0.591. The highest BCUT2D eigenvalue weighted by atomic mass is 79.9. The Morgan fingerprint density at radius 1 is 0.259 bits per heavy atom. The maximum absolute atomic E-state index is 6.17. The summed E-state index contributed by atoms with van der Waals surface area (Å²) in [6.07, 6.45) is 0. The van der Waals surface area contributed by atoms with Gasteiger partial charge in [0.05, 0.1) is 31.6 Å². The molecule has 0 radical (unpaired) electrons. The fourth-order valence-corrected chi connectivity index (χ4v) is 16.4. The summed E-state index contributed by atoms with van der Waals surface area (Å²) in [6.45, 7) is 0. The molecule has 2 nitrogen and oxygen atoms in total. The molecule has 85 heavy (non-hydrogen) atoms. The van der Waals surface area contributed by atoms with Gasteiger partial charge < -0.3 is 0 Å². The van der Waals surface area contributed by atoms with Gasteiger partial charge in [-0.15, -0.1) is 11.3 Å². The second kappa shape index (κ2) is 19.6. The summed E-state index contributed by atoms with van der Waals surface area (Å²) < 4.78 is 2.09. The molecule has 0 saturated carbocycles. The first-order valence-corrected chi connectivity index (χ1v) is 31.2. The first-order chi connectivity index (χ1) is 42.0. The van der Waals surface area contributed by atoms with Crippen molar-refractivity contribution in [3.8, 4) is 65.4 Å². The fraction of sp³-hybridized carbons (Fsp3) is 0.0250. The van der Waals surface area contributed by atoms with Crippen LogP contribution in [0.4, 0.5) is 0 Å². The van der Waals surface area contributed by atoms with Crippen molar-refractivity contribution in [1.82, 2.24) is 9.97 Å². The van der Waals surface area contributed by atoms with Crippen molar-refractivity contribution in [2.75, 3.05) is 0 Å². The lowest BCUT2D eigenvalue weighted by Crippen LogP contribution is -2.28. The smallest absolute Gasteiger partial charge is 0.109 e. The number of hydrogen-bond acceptors (Lipinski definition) is 3. The molecule has 2 aliphatic carbocycles. The molecular weight excluding hydrogens is 1180 g/mol. The molecule has 0 bridgehead atoms. The zero-order valence-corrected chi connectivity index (χ0v) is 49.8. The van der Waals surface area contributed by atoms with Crippen LogP contribution in [0.2, 0.25) is 0 Å². The van der Waals surface area contributed by atoms with Gasteiger partial charge in [-0.3, -0.25) is 0 Å². The summed E-state index contributed by atoms with van der Waals surface area (Å²) in [7, 11) is 0. The highest BCUT2D eigenvalue weighted by Crippen LogP contribution is 2.62. The fourth-order valence-electron chi connectivity index (χ4n) is 14.7. The second-order valence-electron chi connectivity index (χ2n) is 22.4. The molecule has 398 valence electrons. The molecule has 5 heteroatoms. The Kier molecular flexibility index (Phi) is 11.6. The highest BCUT2D eigenvalue weighted by Gasteiger charge is 2.49. The van der Waals surface area contributed by atoms with Gasteiger partial charge >= 0.3 is 0 Å². The van der Waals surface area contributed by atoms with E-state index in [1.807, 2.05) is 11.3 Å². The van der Waals surface area contributed by atoms with Crippen molar-refractivity contribution in [2.45, 2.75) is 10.8 Å². The zero-order valence-electron chi connectivity index (χ0n) is 45.8. The topological polar surface area (TPSA) is 25.8 Å². The summed E-state index contributed by atoms with van der Waals surface area (Å²) in [5, 5.41) is 4.40. The van der Waals surface area contributed by atoms with E-state index >= 15 is 0 Å². The molecule has 0 atom stereocenters.